The molecule has 1 fully saturated rings. The zero-order chi connectivity index (χ0) is 19.8. The van der Waals surface area contributed by atoms with Crippen LogP contribution in [0.15, 0.2) is 30.3 Å². The third-order valence-electron chi connectivity index (χ3n) is 6.23. The minimum absolute atomic E-state index is 0.110. The van der Waals surface area contributed by atoms with Gasteiger partial charge in [0.05, 0.1) is 12.3 Å². The number of nitrogens with one attached hydrogen (secondary N) is 1. The molecule has 29 heavy (non-hydrogen) atoms. The van der Waals surface area contributed by atoms with Crippen LogP contribution in [0.2, 0.25) is 0 Å². The third-order valence-corrected chi connectivity index (χ3v) is 6.23. The number of piperazine rings is 1. The van der Waals surface area contributed by atoms with E-state index in [0.717, 1.165) is 74.7 Å². The number of ether oxygens (including phenoxy) is 1. The predicted octanol–water partition coefficient (Wildman–Crippen LogP) is 3.01. The summed E-state index contributed by atoms with van der Waals surface area (Å²) in [6.07, 6.45) is 3.16. The van der Waals surface area contributed by atoms with Crippen molar-refractivity contribution >= 4 is 17.3 Å². The minimum Gasteiger partial charge on any atom is -0.491 e. The highest BCUT2D eigenvalue weighted by Crippen LogP contribution is 2.37. The second kappa shape index (κ2) is 7.67. The van der Waals surface area contributed by atoms with Crippen LogP contribution < -0.4 is 15.0 Å². The first-order valence-corrected chi connectivity index (χ1v) is 10.5. The lowest BCUT2D eigenvalue weighted by molar-refractivity contribution is -0.116. The molecule has 0 atom stereocenters. The molecule has 3 heterocycles. The van der Waals surface area contributed by atoms with Crippen LogP contribution in [0.4, 0.5) is 15.8 Å². The van der Waals surface area contributed by atoms with Crippen molar-refractivity contribution in [3.63, 3.8) is 0 Å². The number of nitrogens with zero attached hydrogens (tertiary/aromatic N) is 2. The van der Waals surface area contributed by atoms with E-state index in [2.05, 4.69) is 33.3 Å². The van der Waals surface area contributed by atoms with Crippen molar-refractivity contribution in [2.45, 2.75) is 25.7 Å². The van der Waals surface area contributed by atoms with Gasteiger partial charge in [-0.25, -0.2) is 4.39 Å². The van der Waals surface area contributed by atoms with Gasteiger partial charge in [-0.1, -0.05) is 12.1 Å². The average Bonchev–Trinajstić information content (AvgIpc) is 3.20. The van der Waals surface area contributed by atoms with Crippen molar-refractivity contribution in [2.75, 3.05) is 49.5 Å². The first-order valence-electron chi connectivity index (χ1n) is 10.5. The van der Waals surface area contributed by atoms with Crippen LogP contribution in [0.5, 0.6) is 5.75 Å². The van der Waals surface area contributed by atoms with E-state index in [0.29, 0.717) is 13.0 Å². The van der Waals surface area contributed by atoms with E-state index in [-0.39, 0.29) is 11.7 Å². The fourth-order valence-electron chi connectivity index (χ4n) is 4.56. The number of carbonyl (C=O) groups is 1. The monoisotopic (exact) mass is 395 g/mol. The van der Waals surface area contributed by atoms with Crippen molar-refractivity contribution < 1.29 is 13.9 Å². The van der Waals surface area contributed by atoms with Crippen LogP contribution in [0.25, 0.3) is 0 Å². The summed E-state index contributed by atoms with van der Waals surface area (Å²) in [6, 6.07) is 9.66. The Morgan fingerprint density at radius 1 is 1.00 bits per heavy atom. The zero-order valence-corrected chi connectivity index (χ0v) is 16.5. The van der Waals surface area contributed by atoms with Crippen LogP contribution in [-0.2, 0) is 24.1 Å². The Labute approximate surface area is 170 Å². The highest BCUT2D eigenvalue weighted by Gasteiger charge is 2.25. The lowest BCUT2D eigenvalue weighted by Crippen LogP contribution is -2.47. The van der Waals surface area contributed by atoms with E-state index in [1.807, 2.05) is 0 Å². The molecule has 0 unspecified atom stereocenters. The molecule has 3 aliphatic rings. The highest BCUT2D eigenvalue weighted by atomic mass is 19.1. The number of rotatable bonds is 4. The van der Waals surface area contributed by atoms with E-state index in [1.165, 1.54) is 11.1 Å². The van der Waals surface area contributed by atoms with Crippen molar-refractivity contribution in [3.8, 4) is 5.75 Å². The number of hydrogen-bond acceptors (Lipinski definition) is 4. The Morgan fingerprint density at radius 3 is 2.72 bits per heavy atom. The molecule has 0 saturated carbocycles. The van der Waals surface area contributed by atoms with Crippen molar-refractivity contribution in [2.24, 2.45) is 0 Å². The standard InChI is InChI=1S/C23H26FN3O2/c24-19-14-18-6-12-29-23(18)21(15-19)27-10-8-26(9-11-27)7-5-16-1-2-17-3-4-22(28)25-20(17)13-16/h1-2,13-15H,3-12H2,(H,25,28). The number of benzene rings is 2. The van der Waals surface area contributed by atoms with Crippen LogP contribution in [0.1, 0.15) is 23.1 Å². The molecule has 0 radical (unpaired) electrons. The average molecular weight is 395 g/mol. The molecule has 1 amide bonds. The van der Waals surface area contributed by atoms with Gasteiger partial charge in [0.15, 0.2) is 0 Å². The summed E-state index contributed by atoms with van der Waals surface area (Å²) in [6.45, 7) is 5.28. The minimum atomic E-state index is -0.175. The van der Waals surface area contributed by atoms with Gasteiger partial charge in [0.25, 0.3) is 0 Å². The molecule has 1 saturated heterocycles. The number of anilines is 2. The van der Waals surface area contributed by atoms with Gasteiger partial charge in [0.1, 0.15) is 11.6 Å². The van der Waals surface area contributed by atoms with Gasteiger partial charge in [-0.15, -0.1) is 0 Å². The van der Waals surface area contributed by atoms with E-state index in [9.17, 15) is 9.18 Å². The Bertz CT molecular complexity index is 938. The van der Waals surface area contributed by atoms with Crippen molar-refractivity contribution in [1.82, 2.24) is 4.90 Å². The maximum atomic E-state index is 14.0. The maximum absolute atomic E-state index is 14.0. The number of fused-ring (bicyclic) bond motifs is 2. The van der Waals surface area contributed by atoms with Crippen molar-refractivity contribution in [3.05, 3.63) is 52.8 Å². The van der Waals surface area contributed by atoms with Crippen LogP contribution in [0, 0.1) is 5.82 Å². The van der Waals surface area contributed by atoms with E-state index < -0.39 is 0 Å². The molecular weight excluding hydrogens is 369 g/mol. The quantitative estimate of drug-likeness (QED) is 0.865. The smallest absolute Gasteiger partial charge is 0.224 e. The number of amides is 1. The summed E-state index contributed by atoms with van der Waals surface area (Å²) >= 11 is 0. The predicted molar refractivity (Wildman–Crippen MR) is 111 cm³/mol. The molecule has 5 rings (SSSR count). The van der Waals surface area contributed by atoms with E-state index in [4.69, 9.17) is 4.74 Å². The number of hydrogen-bond donors (Lipinski definition) is 1. The molecule has 0 aliphatic carbocycles. The SMILES string of the molecule is O=C1CCc2ccc(CCN3CCN(c4cc(F)cc5c4OCC5)CC3)cc2N1. The number of aryl methyl sites for hydroxylation is 1. The summed E-state index contributed by atoms with van der Waals surface area (Å²) in [5, 5.41) is 2.99. The van der Waals surface area contributed by atoms with Gasteiger partial charge in [0.2, 0.25) is 5.91 Å². The second-order valence-electron chi connectivity index (χ2n) is 8.13. The molecule has 0 aromatic heterocycles. The van der Waals surface area contributed by atoms with Crippen molar-refractivity contribution in [1.29, 1.82) is 0 Å². The van der Waals surface area contributed by atoms with Crippen LogP contribution in [-0.4, -0.2) is 50.1 Å². The molecule has 5 nitrogen and oxygen atoms in total. The molecule has 0 spiro atoms. The lowest BCUT2D eigenvalue weighted by atomic mass is 9.99. The maximum Gasteiger partial charge on any atom is 0.224 e. The van der Waals surface area contributed by atoms with Gasteiger partial charge in [0, 0.05) is 62.9 Å². The zero-order valence-electron chi connectivity index (χ0n) is 16.5. The third kappa shape index (κ3) is 3.81. The van der Waals surface area contributed by atoms with Gasteiger partial charge in [-0.2, -0.15) is 0 Å². The summed E-state index contributed by atoms with van der Waals surface area (Å²) in [5.41, 5.74) is 5.35. The van der Waals surface area contributed by atoms with Gasteiger partial charge >= 0.3 is 0 Å². The fourth-order valence-corrected chi connectivity index (χ4v) is 4.56. The Balaban J connectivity index is 1.18. The van der Waals surface area contributed by atoms with Crippen LogP contribution >= 0.6 is 0 Å². The summed E-state index contributed by atoms with van der Waals surface area (Å²) in [5.74, 6) is 0.806. The molecule has 3 aliphatic heterocycles. The highest BCUT2D eigenvalue weighted by molar-refractivity contribution is 5.93. The molecule has 2 aromatic rings. The molecule has 152 valence electrons. The van der Waals surface area contributed by atoms with Gasteiger partial charge < -0.3 is 15.0 Å². The second-order valence-corrected chi connectivity index (χ2v) is 8.13. The molecular formula is C23H26FN3O2. The van der Waals surface area contributed by atoms with E-state index in [1.54, 1.807) is 12.1 Å². The largest absolute Gasteiger partial charge is 0.491 e. The first-order chi connectivity index (χ1) is 14.2. The Kier molecular flexibility index (Phi) is 4.87. The first kappa shape index (κ1) is 18.4. The lowest BCUT2D eigenvalue weighted by Gasteiger charge is -2.36. The van der Waals surface area contributed by atoms with Crippen LogP contribution in [0.3, 0.4) is 0 Å². The van der Waals surface area contributed by atoms with E-state index >= 15 is 0 Å². The Hall–Kier alpha value is -2.60. The summed E-state index contributed by atoms with van der Waals surface area (Å²) < 4.78 is 19.8. The molecule has 2 aromatic carbocycles. The summed E-state index contributed by atoms with van der Waals surface area (Å²) in [7, 11) is 0. The molecule has 6 heteroatoms. The molecule has 0 bridgehead atoms. The normalized spacial score (nSPS) is 18.8. The van der Waals surface area contributed by atoms with Gasteiger partial charge in [-0.05, 0) is 36.1 Å². The van der Waals surface area contributed by atoms with Gasteiger partial charge in [-0.3, -0.25) is 9.69 Å². The Morgan fingerprint density at radius 2 is 1.86 bits per heavy atom. The summed E-state index contributed by atoms with van der Waals surface area (Å²) in [4.78, 5) is 16.3. The number of carbonyl (C=O) groups excluding carboxylic acids is 1. The fraction of sp³-hybridized carbons (Fsp3) is 0.435. The molecule has 1 N–H and O–H groups in total. The number of halogens is 1. The topological polar surface area (TPSA) is 44.8 Å².